The lowest BCUT2D eigenvalue weighted by Gasteiger charge is -2.58. The highest BCUT2D eigenvalue weighted by atomic mass is 16.7. The molecule has 1 saturated carbocycles. The average Bonchev–Trinajstić information content (AvgIpc) is 3.48. The lowest BCUT2D eigenvalue weighted by molar-refractivity contribution is -0.241. The highest BCUT2D eigenvalue weighted by Gasteiger charge is 2.86. The molecular formula is C24H34O9. The smallest absolute Gasteiger partial charge is 0.306 e. The first-order chi connectivity index (χ1) is 15.4. The minimum Gasteiger partial charge on any atom is -0.465 e. The summed E-state index contributed by atoms with van der Waals surface area (Å²) in [6.45, 7) is 10.5. The summed E-state index contributed by atoms with van der Waals surface area (Å²) in [5.74, 6) is -1.18. The minimum atomic E-state index is -1.11. The van der Waals surface area contributed by atoms with Crippen molar-refractivity contribution < 1.29 is 43.2 Å². The molecule has 0 amide bonds. The Morgan fingerprint density at radius 1 is 1.21 bits per heavy atom. The van der Waals surface area contributed by atoms with Gasteiger partial charge in [-0.2, -0.15) is 0 Å². The zero-order valence-electron chi connectivity index (χ0n) is 20.1. The Balaban J connectivity index is 1.79. The fraction of sp³-hybridized carbons (Fsp3) is 0.792. The van der Waals surface area contributed by atoms with E-state index >= 15 is 0 Å². The molecule has 8 atom stereocenters. The van der Waals surface area contributed by atoms with Gasteiger partial charge in [0, 0.05) is 26.7 Å². The molecule has 9 nitrogen and oxygen atoms in total. The van der Waals surface area contributed by atoms with E-state index in [1.807, 2.05) is 33.8 Å². The molecule has 2 heterocycles. The van der Waals surface area contributed by atoms with Crippen LogP contribution in [0.5, 0.6) is 0 Å². The van der Waals surface area contributed by atoms with E-state index in [2.05, 4.69) is 0 Å². The number of hydrogen-bond donors (Lipinski definition) is 1. The molecule has 2 aliphatic heterocycles. The normalized spacial score (nSPS) is 43.0. The van der Waals surface area contributed by atoms with Crippen LogP contribution in [0.1, 0.15) is 54.4 Å². The predicted octanol–water partition coefficient (Wildman–Crippen LogP) is 1.69. The molecule has 0 aromatic heterocycles. The molecule has 9 heteroatoms. The third-order valence-electron chi connectivity index (χ3n) is 8.00. The number of esters is 3. The SMILES string of the molecule is CC(=O)OCC12C[C@H](OC(=O)CC(C)C)C(C)=CC1OC1[C@H](O)[C@@H](OC(C)=O)C2(C)C12CO2. The highest BCUT2D eigenvalue weighted by molar-refractivity contribution is 5.70. The molecular weight excluding hydrogens is 432 g/mol. The molecule has 2 bridgehead atoms. The Kier molecular flexibility index (Phi) is 5.90. The van der Waals surface area contributed by atoms with Gasteiger partial charge in [0.1, 0.15) is 36.6 Å². The number of hydrogen-bond acceptors (Lipinski definition) is 9. The number of carbonyl (C=O) groups is 3. The van der Waals surface area contributed by atoms with Crippen LogP contribution in [0, 0.1) is 16.7 Å². The van der Waals surface area contributed by atoms with Crippen LogP contribution in [-0.2, 0) is 38.1 Å². The first-order valence-corrected chi connectivity index (χ1v) is 11.5. The van der Waals surface area contributed by atoms with E-state index in [1.165, 1.54) is 13.8 Å². The zero-order chi connectivity index (χ0) is 24.3. The number of carbonyl (C=O) groups excluding carboxylic acids is 3. The van der Waals surface area contributed by atoms with E-state index in [1.54, 1.807) is 0 Å². The molecule has 0 aromatic rings. The predicted molar refractivity (Wildman–Crippen MR) is 114 cm³/mol. The Morgan fingerprint density at radius 2 is 1.88 bits per heavy atom. The summed E-state index contributed by atoms with van der Waals surface area (Å²) in [4.78, 5) is 36.4. The van der Waals surface area contributed by atoms with Crippen molar-refractivity contribution >= 4 is 17.9 Å². The van der Waals surface area contributed by atoms with Gasteiger partial charge in [-0.3, -0.25) is 14.4 Å². The number of fused-ring (bicyclic) bond motifs is 2. The molecule has 33 heavy (non-hydrogen) atoms. The van der Waals surface area contributed by atoms with Crippen molar-refractivity contribution in [2.45, 2.75) is 90.5 Å². The Hall–Kier alpha value is -1.97. The average molecular weight is 467 g/mol. The second-order valence-electron chi connectivity index (χ2n) is 10.5. The topological polar surface area (TPSA) is 121 Å². The second kappa shape index (κ2) is 8.06. The molecule has 5 unspecified atom stereocenters. The quantitative estimate of drug-likeness (QED) is 0.270. The summed E-state index contributed by atoms with van der Waals surface area (Å²) in [5.41, 5.74) is -2.00. The van der Waals surface area contributed by atoms with E-state index in [0.29, 0.717) is 6.61 Å². The van der Waals surface area contributed by atoms with Crippen LogP contribution in [0.4, 0.5) is 0 Å². The summed E-state index contributed by atoms with van der Waals surface area (Å²) in [5, 5.41) is 11.2. The van der Waals surface area contributed by atoms with Crippen LogP contribution in [0.25, 0.3) is 0 Å². The monoisotopic (exact) mass is 466 g/mol. The maximum absolute atomic E-state index is 12.5. The largest absolute Gasteiger partial charge is 0.465 e. The Labute approximate surface area is 193 Å². The van der Waals surface area contributed by atoms with Gasteiger partial charge >= 0.3 is 17.9 Å². The van der Waals surface area contributed by atoms with Gasteiger partial charge in [0.15, 0.2) is 0 Å². The molecule has 1 N–H and O–H groups in total. The van der Waals surface area contributed by atoms with Crippen molar-refractivity contribution in [2.24, 2.45) is 16.7 Å². The van der Waals surface area contributed by atoms with Crippen molar-refractivity contribution in [3.8, 4) is 0 Å². The number of ether oxygens (including phenoxy) is 5. The van der Waals surface area contributed by atoms with Crippen LogP contribution in [0.3, 0.4) is 0 Å². The van der Waals surface area contributed by atoms with Crippen LogP contribution in [0.15, 0.2) is 11.6 Å². The standard InChI is InChI=1S/C24H34O9/c1-12(2)7-18(27)32-16-9-23(10-29-14(4)25)17(8-13(16)3)33-21-19(28)20(31-15(5)26)22(23,6)24(21)11-30-24/h8,12,16-17,19-21,28H,7,9-11H2,1-6H3/t16-,17?,19+,20+,21?,22?,23?,24?/m0/s1. The van der Waals surface area contributed by atoms with E-state index in [4.69, 9.17) is 23.7 Å². The van der Waals surface area contributed by atoms with Gasteiger partial charge in [-0.25, -0.2) is 0 Å². The fourth-order valence-corrected chi connectivity index (χ4v) is 6.26. The van der Waals surface area contributed by atoms with E-state index in [0.717, 1.165) is 5.57 Å². The molecule has 0 radical (unpaired) electrons. The van der Waals surface area contributed by atoms with Gasteiger partial charge in [-0.15, -0.1) is 0 Å². The highest BCUT2D eigenvalue weighted by Crippen LogP contribution is 2.72. The lowest BCUT2D eigenvalue weighted by atomic mass is 9.51. The molecule has 0 aromatic carbocycles. The molecule has 2 aliphatic carbocycles. The van der Waals surface area contributed by atoms with Gasteiger partial charge in [0.25, 0.3) is 0 Å². The molecule has 4 rings (SSSR count). The fourth-order valence-electron chi connectivity index (χ4n) is 6.26. The Morgan fingerprint density at radius 3 is 2.42 bits per heavy atom. The number of rotatable bonds is 6. The van der Waals surface area contributed by atoms with Crippen LogP contribution in [-0.4, -0.2) is 72.3 Å². The summed E-state index contributed by atoms with van der Waals surface area (Å²) in [7, 11) is 0. The van der Waals surface area contributed by atoms with E-state index in [9.17, 15) is 19.5 Å². The number of aliphatic hydroxyl groups is 1. The third-order valence-corrected chi connectivity index (χ3v) is 8.00. The summed E-state index contributed by atoms with van der Waals surface area (Å²) in [6, 6.07) is 0. The van der Waals surface area contributed by atoms with E-state index in [-0.39, 0.29) is 31.3 Å². The van der Waals surface area contributed by atoms with Gasteiger partial charge in [-0.05, 0) is 18.4 Å². The molecule has 3 fully saturated rings. The van der Waals surface area contributed by atoms with Crippen molar-refractivity contribution in [1.29, 1.82) is 0 Å². The summed E-state index contributed by atoms with van der Waals surface area (Å²) in [6.07, 6.45) is -1.46. The summed E-state index contributed by atoms with van der Waals surface area (Å²) >= 11 is 0. The van der Waals surface area contributed by atoms with Crippen LogP contribution >= 0.6 is 0 Å². The maximum Gasteiger partial charge on any atom is 0.306 e. The first-order valence-electron chi connectivity index (χ1n) is 11.5. The van der Waals surface area contributed by atoms with Crippen molar-refractivity contribution in [2.75, 3.05) is 13.2 Å². The van der Waals surface area contributed by atoms with Gasteiger partial charge in [0.2, 0.25) is 0 Å². The molecule has 2 saturated heterocycles. The first kappa shape index (κ1) is 24.2. The number of aliphatic hydroxyl groups excluding tert-OH is 1. The van der Waals surface area contributed by atoms with Crippen molar-refractivity contribution in [3.63, 3.8) is 0 Å². The van der Waals surface area contributed by atoms with Gasteiger partial charge in [-0.1, -0.05) is 26.8 Å². The van der Waals surface area contributed by atoms with Crippen molar-refractivity contribution in [1.82, 2.24) is 0 Å². The van der Waals surface area contributed by atoms with Crippen LogP contribution in [0.2, 0.25) is 0 Å². The molecule has 184 valence electrons. The molecule has 1 spiro atoms. The van der Waals surface area contributed by atoms with Gasteiger partial charge < -0.3 is 28.8 Å². The maximum atomic E-state index is 12.5. The summed E-state index contributed by atoms with van der Waals surface area (Å²) < 4.78 is 29.4. The zero-order valence-corrected chi connectivity index (χ0v) is 20.1. The van der Waals surface area contributed by atoms with Gasteiger partial charge in [0.05, 0.1) is 23.5 Å². The second-order valence-corrected chi connectivity index (χ2v) is 10.5. The lowest BCUT2D eigenvalue weighted by Crippen LogP contribution is -2.68. The van der Waals surface area contributed by atoms with Crippen LogP contribution < -0.4 is 0 Å². The van der Waals surface area contributed by atoms with Crippen molar-refractivity contribution in [3.05, 3.63) is 11.6 Å². The molecule has 4 aliphatic rings. The Bertz CT molecular complexity index is 875. The number of epoxide rings is 1. The van der Waals surface area contributed by atoms with E-state index < -0.39 is 58.9 Å². The minimum absolute atomic E-state index is 0.0617. The third kappa shape index (κ3) is 3.51.